The molecule has 2 aromatic rings. The minimum Gasteiger partial charge on any atom is -0.396 e. The van der Waals surface area contributed by atoms with Crippen molar-refractivity contribution in [2.45, 2.75) is 39.0 Å². The van der Waals surface area contributed by atoms with E-state index in [2.05, 4.69) is 20.8 Å². The lowest BCUT2D eigenvalue weighted by molar-refractivity contribution is -0.120. The van der Waals surface area contributed by atoms with Gasteiger partial charge in [-0.3, -0.25) is 9.59 Å². The molecule has 1 atom stereocenters. The van der Waals surface area contributed by atoms with Crippen LogP contribution in [0.5, 0.6) is 0 Å². The maximum atomic E-state index is 13.6. The number of carbonyl (C=O) groups is 2. The molecule has 0 spiro atoms. The Morgan fingerprint density at radius 1 is 0.968 bits per heavy atom. The normalized spacial score (nSPS) is 20.1. The summed E-state index contributed by atoms with van der Waals surface area (Å²) in [5.41, 5.74) is 3.37. The lowest BCUT2D eigenvalue weighted by Crippen LogP contribution is -2.40. The van der Waals surface area contributed by atoms with Gasteiger partial charge in [0.15, 0.2) is 0 Å². The summed E-state index contributed by atoms with van der Waals surface area (Å²) in [4.78, 5) is 30.5. The summed E-state index contributed by atoms with van der Waals surface area (Å²) >= 11 is 0. The second-order valence-electron chi connectivity index (χ2n) is 9.47. The predicted octanol–water partition coefficient (Wildman–Crippen LogP) is 3.97. The summed E-state index contributed by atoms with van der Waals surface area (Å²) in [7, 11) is 0. The Morgan fingerprint density at radius 3 is 2.26 bits per heavy atom. The Morgan fingerprint density at radius 2 is 1.65 bits per heavy atom. The number of aliphatic hydroxyl groups is 1. The van der Waals surface area contributed by atoms with Crippen LogP contribution < -0.4 is 4.90 Å². The molecule has 162 valence electrons. The predicted molar refractivity (Wildman–Crippen MR) is 122 cm³/mol. The fourth-order valence-electron chi connectivity index (χ4n) is 4.44. The van der Waals surface area contributed by atoms with Crippen LogP contribution in [-0.2, 0) is 15.0 Å². The fraction of sp³-hybridized carbons (Fsp3) is 0.385. The zero-order valence-electron chi connectivity index (χ0n) is 18.5. The molecular weight excluding hydrogens is 388 g/mol. The van der Waals surface area contributed by atoms with Crippen LogP contribution in [0.1, 0.15) is 44.7 Å². The van der Waals surface area contributed by atoms with Gasteiger partial charge in [0.1, 0.15) is 5.70 Å². The van der Waals surface area contributed by atoms with Crippen molar-refractivity contribution in [1.29, 1.82) is 0 Å². The molecule has 0 bridgehead atoms. The minimum absolute atomic E-state index is 0.0106. The molecule has 4 rings (SSSR count). The number of piperidine rings is 1. The van der Waals surface area contributed by atoms with E-state index in [1.54, 1.807) is 0 Å². The van der Waals surface area contributed by atoms with Gasteiger partial charge in [-0.1, -0.05) is 63.2 Å². The van der Waals surface area contributed by atoms with Gasteiger partial charge in [-0.15, -0.1) is 0 Å². The Bertz CT molecular complexity index is 1000. The van der Waals surface area contributed by atoms with Crippen molar-refractivity contribution in [1.82, 2.24) is 4.90 Å². The molecule has 0 aromatic heterocycles. The molecule has 2 aliphatic rings. The summed E-state index contributed by atoms with van der Waals surface area (Å²) in [6, 6.07) is 17.1. The van der Waals surface area contributed by atoms with E-state index in [9.17, 15) is 14.7 Å². The summed E-state index contributed by atoms with van der Waals surface area (Å²) < 4.78 is 0. The number of amides is 2. The van der Waals surface area contributed by atoms with Crippen LogP contribution in [0.3, 0.4) is 0 Å². The summed E-state index contributed by atoms with van der Waals surface area (Å²) in [5, 5.41) is 9.67. The summed E-state index contributed by atoms with van der Waals surface area (Å²) in [6.07, 6.45) is 1.82. The van der Waals surface area contributed by atoms with Crippen LogP contribution in [0, 0.1) is 5.92 Å². The molecular formula is C26H30N2O3. The van der Waals surface area contributed by atoms with Gasteiger partial charge in [0.05, 0.1) is 11.3 Å². The van der Waals surface area contributed by atoms with E-state index >= 15 is 0 Å². The Labute approximate surface area is 184 Å². The maximum Gasteiger partial charge on any atom is 0.282 e. The third kappa shape index (κ3) is 4.02. The first-order chi connectivity index (χ1) is 14.8. The Kier molecular flexibility index (Phi) is 5.71. The first-order valence-electron chi connectivity index (χ1n) is 11.0. The zero-order valence-corrected chi connectivity index (χ0v) is 18.5. The molecule has 2 heterocycles. The van der Waals surface area contributed by atoms with Crippen LogP contribution in [0.2, 0.25) is 0 Å². The number of aliphatic hydroxyl groups excluding tert-OH is 1. The van der Waals surface area contributed by atoms with Crippen LogP contribution in [0.25, 0.3) is 5.57 Å². The van der Waals surface area contributed by atoms with E-state index in [1.807, 2.05) is 59.5 Å². The molecule has 0 aliphatic carbocycles. The van der Waals surface area contributed by atoms with E-state index in [1.165, 1.54) is 4.90 Å². The molecule has 1 fully saturated rings. The fourth-order valence-corrected chi connectivity index (χ4v) is 4.44. The number of rotatable bonds is 4. The molecule has 2 aromatic carbocycles. The molecule has 0 saturated carbocycles. The molecule has 1 saturated heterocycles. The second-order valence-corrected chi connectivity index (χ2v) is 9.47. The molecule has 31 heavy (non-hydrogen) atoms. The Hall–Kier alpha value is -2.92. The number of imide groups is 1. The van der Waals surface area contributed by atoms with Crippen molar-refractivity contribution >= 4 is 23.1 Å². The smallest absolute Gasteiger partial charge is 0.282 e. The van der Waals surface area contributed by atoms with E-state index in [4.69, 9.17) is 0 Å². The average molecular weight is 419 g/mol. The molecule has 5 nitrogen and oxygen atoms in total. The topological polar surface area (TPSA) is 60.9 Å². The quantitative estimate of drug-likeness (QED) is 0.763. The van der Waals surface area contributed by atoms with Gasteiger partial charge >= 0.3 is 0 Å². The van der Waals surface area contributed by atoms with Crippen LogP contribution in [0.4, 0.5) is 5.69 Å². The first kappa shape index (κ1) is 21.3. The van der Waals surface area contributed by atoms with Crippen molar-refractivity contribution in [3.63, 3.8) is 0 Å². The molecule has 2 amide bonds. The van der Waals surface area contributed by atoms with Gasteiger partial charge in [-0.2, -0.15) is 0 Å². The highest BCUT2D eigenvalue weighted by atomic mass is 16.3. The van der Waals surface area contributed by atoms with E-state index < -0.39 is 0 Å². The van der Waals surface area contributed by atoms with Gasteiger partial charge in [0.25, 0.3) is 11.8 Å². The van der Waals surface area contributed by atoms with Gasteiger partial charge in [-0.25, -0.2) is 4.90 Å². The third-order valence-electron chi connectivity index (χ3n) is 6.21. The van der Waals surface area contributed by atoms with Crippen LogP contribution in [-0.4, -0.2) is 41.5 Å². The highest BCUT2D eigenvalue weighted by Crippen LogP contribution is 2.37. The van der Waals surface area contributed by atoms with Crippen molar-refractivity contribution < 1.29 is 14.7 Å². The monoisotopic (exact) mass is 418 g/mol. The average Bonchev–Trinajstić information content (AvgIpc) is 3.04. The van der Waals surface area contributed by atoms with Crippen molar-refractivity contribution in [3.05, 3.63) is 71.4 Å². The van der Waals surface area contributed by atoms with Gasteiger partial charge in [0.2, 0.25) is 0 Å². The number of anilines is 1. The van der Waals surface area contributed by atoms with Crippen molar-refractivity contribution in [2.24, 2.45) is 5.92 Å². The maximum absolute atomic E-state index is 13.6. The minimum atomic E-state index is -0.291. The van der Waals surface area contributed by atoms with Gasteiger partial charge < -0.3 is 10.0 Å². The lowest BCUT2D eigenvalue weighted by atomic mass is 9.87. The van der Waals surface area contributed by atoms with Gasteiger partial charge in [-0.05, 0) is 47.4 Å². The summed E-state index contributed by atoms with van der Waals surface area (Å²) in [6.45, 7) is 7.78. The molecule has 5 heteroatoms. The highest BCUT2D eigenvalue weighted by Gasteiger charge is 2.43. The lowest BCUT2D eigenvalue weighted by Gasteiger charge is -2.34. The number of hydrogen-bond donors (Lipinski definition) is 1. The first-order valence-corrected chi connectivity index (χ1v) is 11.0. The molecule has 2 aliphatic heterocycles. The summed E-state index contributed by atoms with van der Waals surface area (Å²) in [5.74, 6) is -0.465. The van der Waals surface area contributed by atoms with E-state index in [-0.39, 0.29) is 29.8 Å². The molecule has 1 N–H and O–H groups in total. The highest BCUT2D eigenvalue weighted by molar-refractivity contribution is 6.45. The third-order valence-corrected chi connectivity index (χ3v) is 6.21. The second kappa shape index (κ2) is 8.31. The number of likely N-dealkylation sites (tertiary alicyclic amines) is 1. The zero-order chi connectivity index (χ0) is 22.2. The Balaban J connectivity index is 1.76. The number of hydrogen-bond acceptors (Lipinski definition) is 4. The molecule has 1 unspecified atom stereocenters. The van der Waals surface area contributed by atoms with Crippen LogP contribution >= 0.6 is 0 Å². The van der Waals surface area contributed by atoms with Gasteiger partial charge in [0, 0.05) is 19.7 Å². The molecule has 0 radical (unpaired) electrons. The van der Waals surface area contributed by atoms with Crippen molar-refractivity contribution in [3.8, 4) is 0 Å². The van der Waals surface area contributed by atoms with Crippen LogP contribution in [0.15, 0.2) is 60.3 Å². The largest absolute Gasteiger partial charge is 0.396 e. The number of carbonyl (C=O) groups excluding carboxylic acids is 2. The number of benzene rings is 2. The number of nitrogens with zero attached hydrogens (tertiary/aromatic N) is 2. The van der Waals surface area contributed by atoms with Crippen molar-refractivity contribution in [2.75, 3.05) is 24.6 Å². The standard InChI is InChI=1S/C26H30N2O3/c1-26(2,3)20-11-13-21(14-12-20)28-24(30)22(19-9-5-4-6-10-19)23(25(28)31)27-15-7-8-18(16-27)17-29/h4-6,9-14,18,29H,7-8,15-17H2,1-3H3. The van der Waals surface area contributed by atoms with E-state index in [0.717, 1.165) is 24.0 Å². The SMILES string of the molecule is CC(C)(C)c1ccc(N2C(=O)C(c3ccccc3)=C(N3CCCC(CO)C3)C2=O)cc1. The van der Waals surface area contributed by atoms with E-state index in [0.29, 0.717) is 30.0 Å².